The summed E-state index contributed by atoms with van der Waals surface area (Å²) in [5.74, 6) is -1.41. The van der Waals surface area contributed by atoms with Gasteiger partial charge >= 0.3 is 5.97 Å². The molecule has 7 heteroatoms. The maximum Gasteiger partial charge on any atom is 0.335 e. The standard InChI is InChI=1S/C12H7BrClNO3S/c13-10-2-1-9(19-10)11(16)15-8-4-6(12(17)18)3-7(14)5-8/h1-5H,(H,15,16)(H,17,18). The predicted octanol–water partition coefficient (Wildman–Crippen LogP) is 4.11. The highest BCUT2D eigenvalue weighted by atomic mass is 79.9. The molecule has 2 N–H and O–H groups in total. The molecule has 0 bridgehead atoms. The third-order valence-corrected chi connectivity index (χ3v) is 4.04. The number of anilines is 1. The fourth-order valence-corrected chi connectivity index (χ4v) is 2.93. The van der Waals surface area contributed by atoms with Crippen molar-refractivity contribution in [3.63, 3.8) is 0 Å². The maximum absolute atomic E-state index is 11.9. The number of hydrogen-bond acceptors (Lipinski definition) is 3. The molecule has 0 unspecified atom stereocenters. The highest BCUT2D eigenvalue weighted by molar-refractivity contribution is 9.11. The van der Waals surface area contributed by atoms with E-state index >= 15 is 0 Å². The Labute approximate surface area is 126 Å². The first kappa shape index (κ1) is 14.0. The molecule has 1 aromatic heterocycles. The SMILES string of the molecule is O=C(O)c1cc(Cl)cc(NC(=O)c2ccc(Br)s2)c1. The Balaban J connectivity index is 2.23. The lowest BCUT2D eigenvalue weighted by atomic mass is 10.2. The van der Waals surface area contributed by atoms with E-state index in [4.69, 9.17) is 16.7 Å². The summed E-state index contributed by atoms with van der Waals surface area (Å²) in [5.41, 5.74) is 0.370. The van der Waals surface area contributed by atoms with Gasteiger partial charge in [0.15, 0.2) is 0 Å². The molecule has 0 spiro atoms. The number of halogens is 2. The van der Waals surface area contributed by atoms with Crippen LogP contribution in [0.4, 0.5) is 5.69 Å². The zero-order valence-electron chi connectivity index (χ0n) is 9.31. The van der Waals surface area contributed by atoms with Crippen molar-refractivity contribution < 1.29 is 14.7 Å². The van der Waals surface area contributed by atoms with E-state index in [-0.39, 0.29) is 16.5 Å². The van der Waals surface area contributed by atoms with Crippen LogP contribution < -0.4 is 5.32 Å². The fraction of sp³-hybridized carbons (Fsp3) is 0. The Morgan fingerprint density at radius 1 is 1.26 bits per heavy atom. The minimum absolute atomic E-state index is 0.0233. The Morgan fingerprint density at radius 2 is 2.00 bits per heavy atom. The van der Waals surface area contributed by atoms with E-state index in [1.165, 1.54) is 29.5 Å². The van der Waals surface area contributed by atoms with E-state index in [1.54, 1.807) is 12.1 Å². The molecular formula is C12H7BrClNO3S. The van der Waals surface area contributed by atoms with Gasteiger partial charge in [-0.15, -0.1) is 11.3 Å². The zero-order valence-corrected chi connectivity index (χ0v) is 12.5. The summed E-state index contributed by atoms with van der Waals surface area (Å²) in [6, 6.07) is 7.61. The van der Waals surface area contributed by atoms with Gasteiger partial charge in [-0.05, 0) is 46.3 Å². The molecule has 0 saturated carbocycles. The first-order valence-corrected chi connectivity index (χ1v) is 7.05. The second-order valence-electron chi connectivity index (χ2n) is 3.59. The number of carbonyl (C=O) groups excluding carboxylic acids is 1. The lowest BCUT2D eigenvalue weighted by Gasteiger charge is -2.05. The van der Waals surface area contributed by atoms with E-state index < -0.39 is 5.97 Å². The van der Waals surface area contributed by atoms with Crippen molar-refractivity contribution in [2.24, 2.45) is 0 Å². The molecule has 0 aliphatic heterocycles. The van der Waals surface area contributed by atoms with Crippen LogP contribution in [-0.2, 0) is 0 Å². The van der Waals surface area contributed by atoms with Crippen molar-refractivity contribution in [2.45, 2.75) is 0 Å². The number of carboxylic acid groups (broad SMARTS) is 1. The summed E-state index contributed by atoms with van der Waals surface area (Å²) >= 11 is 10.4. The summed E-state index contributed by atoms with van der Waals surface area (Å²) in [6.07, 6.45) is 0. The van der Waals surface area contributed by atoms with Crippen LogP contribution in [-0.4, -0.2) is 17.0 Å². The number of carbonyl (C=O) groups is 2. The molecule has 0 atom stereocenters. The molecule has 1 heterocycles. The number of nitrogens with one attached hydrogen (secondary N) is 1. The van der Waals surface area contributed by atoms with Gasteiger partial charge in [0.2, 0.25) is 0 Å². The van der Waals surface area contributed by atoms with E-state index in [0.29, 0.717) is 10.6 Å². The van der Waals surface area contributed by atoms with Gasteiger partial charge in [-0.1, -0.05) is 11.6 Å². The van der Waals surface area contributed by atoms with Crippen LogP contribution >= 0.6 is 38.9 Å². The molecule has 0 aliphatic rings. The number of carboxylic acids is 1. The molecule has 4 nitrogen and oxygen atoms in total. The molecule has 2 aromatic rings. The van der Waals surface area contributed by atoms with Crippen LogP contribution in [0.3, 0.4) is 0 Å². The lowest BCUT2D eigenvalue weighted by Crippen LogP contribution is -2.10. The smallest absolute Gasteiger partial charge is 0.335 e. The monoisotopic (exact) mass is 359 g/mol. The fourth-order valence-electron chi connectivity index (χ4n) is 1.41. The van der Waals surface area contributed by atoms with Crippen molar-refractivity contribution in [3.05, 3.63) is 49.6 Å². The molecule has 1 aromatic carbocycles. The van der Waals surface area contributed by atoms with Crippen LogP contribution in [0.2, 0.25) is 5.02 Å². The summed E-state index contributed by atoms with van der Waals surface area (Å²) in [4.78, 5) is 23.3. The van der Waals surface area contributed by atoms with Crippen molar-refractivity contribution >= 4 is 56.4 Å². The lowest BCUT2D eigenvalue weighted by molar-refractivity contribution is 0.0696. The van der Waals surface area contributed by atoms with Crippen LogP contribution in [0.15, 0.2) is 34.1 Å². The third kappa shape index (κ3) is 3.56. The molecular weight excluding hydrogens is 354 g/mol. The van der Waals surface area contributed by atoms with Crippen molar-refractivity contribution in [1.82, 2.24) is 0 Å². The van der Waals surface area contributed by atoms with E-state index in [0.717, 1.165) is 3.79 Å². The second kappa shape index (κ2) is 5.73. The van der Waals surface area contributed by atoms with E-state index in [2.05, 4.69) is 21.2 Å². The van der Waals surface area contributed by atoms with E-state index in [9.17, 15) is 9.59 Å². The molecule has 0 saturated heterocycles. The normalized spacial score (nSPS) is 10.2. The van der Waals surface area contributed by atoms with Crippen LogP contribution in [0.25, 0.3) is 0 Å². The van der Waals surface area contributed by atoms with Gasteiger partial charge in [-0.3, -0.25) is 4.79 Å². The average Bonchev–Trinajstić information content (AvgIpc) is 2.75. The number of rotatable bonds is 3. The summed E-state index contributed by atoms with van der Waals surface area (Å²) < 4.78 is 0.843. The molecule has 19 heavy (non-hydrogen) atoms. The van der Waals surface area contributed by atoms with E-state index in [1.807, 2.05) is 0 Å². The number of benzene rings is 1. The van der Waals surface area contributed by atoms with Gasteiger partial charge in [0.1, 0.15) is 0 Å². The summed E-state index contributed by atoms with van der Waals surface area (Å²) in [6.45, 7) is 0. The quantitative estimate of drug-likeness (QED) is 0.865. The Morgan fingerprint density at radius 3 is 2.58 bits per heavy atom. The molecule has 0 radical (unpaired) electrons. The minimum Gasteiger partial charge on any atom is -0.478 e. The number of amides is 1. The number of thiophene rings is 1. The van der Waals surface area contributed by atoms with Gasteiger partial charge in [-0.2, -0.15) is 0 Å². The average molecular weight is 361 g/mol. The highest BCUT2D eigenvalue weighted by Crippen LogP contribution is 2.24. The molecule has 0 aliphatic carbocycles. The summed E-state index contributed by atoms with van der Waals surface area (Å²) in [7, 11) is 0. The second-order valence-corrected chi connectivity index (χ2v) is 6.49. The number of hydrogen-bond donors (Lipinski definition) is 2. The largest absolute Gasteiger partial charge is 0.478 e. The number of aromatic carboxylic acids is 1. The first-order valence-electron chi connectivity index (χ1n) is 5.06. The first-order chi connectivity index (χ1) is 8.95. The molecule has 0 fully saturated rings. The van der Waals surface area contributed by atoms with Crippen molar-refractivity contribution in [2.75, 3.05) is 5.32 Å². The van der Waals surface area contributed by atoms with Crippen molar-refractivity contribution in [3.8, 4) is 0 Å². The van der Waals surface area contributed by atoms with Gasteiger partial charge in [0, 0.05) is 10.7 Å². The van der Waals surface area contributed by atoms with Gasteiger partial charge < -0.3 is 10.4 Å². The molecule has 98 valence electrons. The van der Waals surface area contributed by atoms with Gasteiger partial charge in [0.25, 0.3) is 5.91 Å². The third-order valence-electron chi connectivity index (χ3n) is 2.20. The van der Waals surface area contributed by atoms with Crippen LogP contribution in [0.1, 0.15) is 20.0 Å². The van der Waals surface area contributed by atoms with Crippen LogP contribution in [0.5, 0.6) is 0 Å². The van der Waals surface area contributed by atoms with Crippen LogP contribution in [0, 0.1) is 0 Å². The molecule has 2 rings (SSSR count). The maximum atomic E-state index is 11.9. The zero-order chi connectivity index (χ0) is 14.0. The molecule has 1 amide bonds. The Kier molecular flexibility index (Phi) is 4.24. The Bertz CT molecular complexity index is 656. The van der Waals surface area contributed by atoms with Gasteiger partial charge in [0.05, 0.1) is 14.2 Å². The summed E-state index contributed by atoms with van der Waals surface area (Å²) in [5, 5.41) is 11.8. The van der Waals surface area contributed by atoms with Gasteiger partial charge in [-0.25, -0.2) is 4.79 Å². The Hall–Kier alpha value is -1.37. The highest BCUT2D eigenvalue weighted by Gasteiger charge is 2.11. The topological polar surface area (TPSA) is 66.4 Å². The van der Waals surface area contributed by atoms with Crippen molar-refractivity contribution in [1.29, 1.82) is 0 Å². The minimum atomic E-state index is -1.10. The predicted molar refractivity (Wildman–Crippen MR) is 78.4 cm³/mol.